The largest absolute Gasteiger partial charge is 0.461 e. The number of hydrogen-bond acceptors (Lipinski definition) is 4. The molecule has 0 saturated carbocycles. The van der Waals surface area contributed by atoms with E-state index in [1.54, 1.807) is 6.92 Å². The van der Waals surface area contributed by atoms with E-state index in [2.05, 4.69) is 42.0 Å². The van der Waals surface area contributed by atoms with Gasteiger partial charge >= 0.3 is 5.97 Å². The topological polar surface area (TPSA) is 51.0 Å². The van der Waals surface area contributed by atoms with Gasteiger partial charge in [-0.05, 0) is 19.1 Å². The van der Waals surface area contributed by atoms with Gasteiger partial charge in [0.2, 0.25) is 0 Å². The van der Waals surface area contributed by atoms with Crippen molar-refractivity contribution >= 4 is 49.3 Å². The van der Waals surface area contributed by atoms with Gasteiger partial charge in [-0.25, -0.2) is 4.79 Å². The second-order valence-corrected chi connectivity index (χ2v) is 13.4. The molecule has 1 heterocycles. The van der Waals surface area contributed by atoms with Crippen LogP contribution in [-0.2, 0) is 9.53 Å². The highest BCUT2D eigenvalue weighted by Gasteiger charge is 2.35. The van der Waals surface area contributed by atoms with E-state index in [0.29, 0.717) is 12.3 Å². The maximum atomic E-state index is 12.1. The zero-order valence-corrected chi connectivity index (χ0v) is 15.8. The molecule has 0 aliphatic carbocycles. The molecule has 0 atom stereocenters. The van der Waals surface area contributed by atoms with Gasteiger partial charge < -0.3 is 4.74 Å². The number of carbonyl (C=O) groups excluding carboxylic acids is 1. The maximum Gasteiger partial charge on any atom is 0.360 e. The predicted octanol–water partition coefficient (Wildman–Crippen LogP) is 3.25. The standard InChI is InChI=1S/C15H19IN2O2Si/c1-5-20-15(19)13-12(14(18-17-13)21(2,3)4)16-11-9-7-6-8-10-11/h6-10H,5H2,1-4H3. The lowest BCUT2D eigenvalue weighted by molar-refractivity contribution is -0.134. The maximum absolute atomic E-state index is 12.1. The number of rotatable bonds is 4. The van der Waals surface area contributed by atoms with Crippen molar-refractivity contribution in [3.63, 3.8) is 0 Å². The summed E-state index contributed by atoms with van der Waals surface area (Å²) in [7, 11) is -1.63. The second kappa shape index (κ2) is 6.74. The van der Waals surface area contributed by atoms with Gasteiger partial charge in [0.1, 0.15) is 8.07 Å². The molecular formula is C15H19IN2O2Si. The molecule has 21 heavy (non-hydrogen) atoms. The summed E-state index contributed by atoms with van der Waals surface area (Å²) in [5.41, 5.74) is 0.422. The lowest BCUT2D eigenvalue weighted by atomic mass is 10.3. The molecule has 0 N–H and O–H groups in total. The summed E-state index contributed by atoms with van der Waals surface area (Å²) in [5, 5.41) is 9.50. The molecule has 0 radical (unpaired) electrons. The van der Waals surface area contributed by atoms with E-state index < -0.39 is 28.8 Å². The second-order valence-electron chi connectivity index (χ2n) is 5.57. The third-order valence-electron chi connectivity index (χ3n) is 2.78. The van der Waals surface area contributed by atoms with Crippen molar-refractivity contribution in [3.05, 3.63) is 33.9 Å². The molecule has 112 valence electrons. The quantitative estimate of drug-likeness (QED) is 0.432. The molecule has 1 aliphatic heterocycles. The molecule has 1 aliphatic rings. The molecule has 0 bridgehead atoms. The Morgan fingerprint density at radius 1 is 1.19 bits per heavy atom. The van der Waals surface area contributed by atoms with E-state index in [0.717, 1.165) is 8.84 Å². The van der Waals surface area contributed by atoms with Crippen molar-refractivity contribution in [1.82, 2.24) is 0 Å². The molecule has 0 aromatic heterocycles. The molecule has 4 nitrogen and oxygen atoms in total. The first-order chi connectivity index (χ1) is 9.93. The summed E-state index contributed by atoms with van der Waals surface area (Å²) in [6.45, 7) is 8.84. The summed E-state index contributed by atoms with van der Waals surface area (Å²) < 4.78 is 7.42. The fourth-order valence-corrected chi connectivity index (χ4v) is 8.00. The van der Waals surface area contributed by atoms with Crippen LogP contribution < -0.4 is 0 Å². The highest BCUT2D eigenvalue weighted by molar-refractivity contribution is 14.2. The van der Waals surface area contributed by atoms with Crippen LogP contribution >= 0.6 is 20.7 Å². The van der Waals surface area contributed by atoms with Gasteiger partial charge in [-0.3, -0.25) is 0 Å². The van der Waals surface area contributed by atoms with Crippen molar-refractivity contribution in [2.75, 3.05) is 6.61 Å². The molecule has 0 saturated heterocycles. The van der Waals surface area contributed by atoms with E-state index in [4.69, 9.17) is 4.74 Å². The van der Waals surface area contributed by atoms with Crippen molar-refractivity contribution in [2.24, 2.45) is 10.2 Å². The first-order valence-electron chi connectivity index (χ1n) is 6.84. The summed E-state index contributed by atoms with van der Waals surface area (Å²) in [4.78, 5) is 12.1. The molecule has 2 rings (SSSR count). The van der Waals surface area contributed by atoms with Gasteiger partial charge in [0.05, 0.1) is 15.5 Å². The van der Waals surface area contributed by atoms with Crippen LogP contribution in [0.5, 0.6) is 0 Å². The number of benzene rings is 1. The smallest absolute Gasteiger partial charge is 0.360 e. The molecule has 1 aromatic rings. The summed E-state index contributed by atoms with van der Waals surface area (Å²) >= 11 is -0.479. The fraction of sp³-hybridized carbons (Fsp3) is 0.333. The molecular weight excluding hydrogens is 395 g/mol. The number of nitrogens with zero attached hydrogens (tertiary/aromatic N) is 2. The van der Waals surface area contributed by atoms with Crippen LogP contribution in [0, 0.1) is 3.57 Å². The van der Waals surface area contributed by atoms with Crippen LogP contribution in [0.4, 0.5) is 0 Å². The van der Waals surface area contributed by atoms with Crippen molar-refractivity contribution < 1.29 is 9.53 Å². The van der Waals surface area contributed by atoms with E-state index in [-0.39, 0.29) is 5.97 Å². The van der Waals surface area contributed by atoms with E-state index in [9.17, 15) is 4.79 Å². The molecule has 0 unspecified atom stereocenters. The van der Waals surface area contributed by atoms with E-state index in [1.165, 1.54) is 3.57 Å². The first-order valence-corrected chi connectivity index (χ1v) is 12.5. The zero-order valence-electron chi connectivity index (χ0n) is 12.7. The van der Waals surface area contributed by atoms with Crippen LogP contribution in [-0.4, -0.2) is 35.2 Å². The highest BCUT2D eigenvalue weighted by Crippen LogP contribution is 2.22. The molecule has 0 spiro atoms. The predicted molar refractivity (Wildman–Crippen MR) is 99.0 cm³/mol. The zero-order chi connectivity index (χ0) is 15.5. The highest BCUT2D eigenvalue weighted by atomic mass is 127. The third kappa shape index (κ3) is 3.94. The van der Waals surface area contributed by atoms with Gasteiger partial charge in [-0.15, -0.1) is 5.10 Å². The van der Waals surface area contributed by atoms with Gasteiger partial charge in [0.15, 0.2) is 5.71 Å². The Hall–Kier alpha value is -1.15. The lowest BCUT2D eigenvalue weighted by Crippen LogP contribution is -2.41. The van der Waals surface area contributed by atoms with Gasteiger partial charge in [0.25, 0.3) is 0 Å². The van der Waals surface area contributed by atoms with Gasteiger partial charge in [0, 0.05) is 3.57 Å². The lowest BCUT2D eigenvalue weighted by Gasteiger charge is -2.17. The number of carbonyl (C=O) groups is 1. The minimum atomic E-state index is -1.63. The Labute approximate surface area is 136 Å². The Kier molecular flexibility index (Phi) is 5.21. The van der Waals surface area contributed by atoms with Crippen molar-refractivity contribution in [1.29, 1.82) is 0 Å². The van der Waals surface area contributed by atoms with Crippen molar-refractivity contribution in [3.8, 4) is 0 Å². The molecule has 6 heteroatoms. The van der Waals surface area contributed by atoms with Crippen LogP contribution in [0.15, 0.2) is 40.5 Å². The molecule has 0 fully saturated rings. The molecule has 0 amide bonds. The van der Waals surface area contributed by atoms with Crippen LogP contribution in [0.25, 0.3) is 0 Å². The van der Waals surface area contributed by atoms with E-state index >= 15 is 0 Å². The fourth-order valence-electron chi connectivity index (χ4n) is 1.79. The number of halogens is 1. The van der Waals surface area contributed by atoms with Gasteiger partial charge in [-0.1, -0.05) is 58.6 Å². The Morgan fingerprint density at radius 3 is 2.43 bits per heavy atom. The SMILES string of the molecule is CCOC(=O)C1=NN=C([Si](C)(C)C)C1=Ic1ccccc1. The minimum absolute atomic E-state index is 0.347. The summed E-state index contributed by atoms with van der Waals surface area (Å²) in [5.74, 6) is -0.347. The van der Waals surface area contributed by atoms with E-state index in [1.807, 2.05) is 18.2 Å². The third-order valence-corrected chi connectivity index (χ3v) is 7.96. The van der Waals surface area contributed by atoms with Crippen LogP contribution in [0.2, 0.25) is 19.6 Å². The van der Waals surface area contributed by atoms with Crippen LogP contribution in [0.3, 0.4) is 0 Å². The van der Waals surface area contributed by atoms with Crippen molar-refractivity contribution in [2.45, 2.75) is 26.6 Å². The Morgan fingerprint density at radius 2 is 1.86 bits per heavy atom. The average molecular weight is 414 g/mol. The summed E-state index contributed by atoms with van der Waals surface area (Å²) in [6.07, 6.45) is 0. The van der Waals surface area contributed by atoms with Crippen LogP contribution in [0.1, 0.15) is 6.92 Å². The minimum Gasteiger partial charge on any atom is -0.461 e. The summed E-state index contributed by atoms with van der Waals surface area (Å²) in [6, 6.07) is 10.3. The Balaban J connectivity index is 2.43. The Bertz CT molecular complexity index is 631. The number of hydrogen-bond donors (Lipinski definition) is 0. The number of ether oxygens (including phenoxy) is 1. The normalized spacial score (nSPS) is 17.0. The van der Waals surface area contributed by atoms with Gasteiger partial charge in [-0.2, -0.15) is 5.10 Å². The first kappa shape index (κ1) is 16.2. The average Bonchev–Trinajstić information content (AvgIpc) is 2.84. The monoisotopic (exact) mass is 414 g/mol. The molecule has 1 aromatic carbocycles. The number of esters is 1.